The summed E-state index contributed by atoms with van der Waals surface area (Å²) in [5.41, 5.74) is 1.98. The van der Waals surface area contributed by atoms with Crippen molar-refractivity contribution in [3.8, 4) is 0 Å². The first-order valence-corrected chi connectivity index (χ1v) is 7.35. The van der Waals surface area contributed by atoms with E-state index in [1.165, 1.54) is 5.56 Å². The van der Waals surface area contributed by atoms with Gasteiger partial charge in [0.1, 0.15) is 0 Å². The Morgan fingerprint density at radius 1 is 1.17 bits per heavy atom. The standard InChI is InChI=1S/C15H22BrNO/c1-10(2)12-5-7-13(8-6-12)15(18)17-9-14(16)11(3)4/h5-8,10-11,14H,9H2,1-4H3,(H,17,18). The second-order valence-corrected chi connectivity index (χ2v) is 6.42. The molecule has 3 heteroatoms. The van der Waals surface area contributed by atoms with E-state index in [2.05, 4.69) is 48.9 Å². The molecule has 18 heavy (non-hydrogen) atoms. The monoisotopic (exact) mass is 311 g/mol. The molecule has 1 rings (SSSR count). The molecule has 0 aromatic heterocycles. The molecular weight excluding hydrogens is 290 g/mol. The molecule has 0 aliphatic carbocycles. The SMILES string of the molecule is CC(C)c1ccc(C(=O)NCC(Br)C(C)C)cc1. The van der Waals surface area contributed by atoms with Gasteiger partial charge in [-0.1, -0.05) is 55.8 Å². The predicted molar refractivity (Wildman–Crippen MR) is 80.4 cm³/mol. The third-order valence-corrected chi connectivity index (χ3v) is 4.40. The van der Waals surface area contributed by atoms with Crippen molar-refractivity contribution >= 4 is 21.8 Å². The summed E-state index contributed by atoms with van der Waals surface area (Å²) in [5, 5.41) is 2.94. The Hall–Kier alpha value is -0.830. The molecule has 1 amide bonds. The molecule has 0 aliphatic heterocycles. The minimum Gasteiger partial charge on any atom is -0.351 e. The van der Waals surface area contributed by atoms with E-state index in [1.54, 1.807) is 0 Å². The van der Waals surface area contributed by atoms with Gasteiger partial charge < -0.3 is 5.32 Å². The number of nitrogens with one attached hydrogen (secondary N) is 1. The fourth-order valence-electron chi connectivity index (χ4n) is 1.55. The zero-order chi connectivity index (χ0) is 13.7. The summed E-state index contributed by atoms with van der Waals surface area (Å²) in [6.07, 6.45) is 0. The zero-order valence-electron chi connectivity index (χ0n) is 11.5. The van der Waals surface area contributed by atoms with Crippen LogP contribution in [0.4, 0.5) is 0 Å². The minimum atomic E-state index is -0.00425. The van der Waals surface area contributed by atoms with E-state index in [9.17, 15) is 4.79 Å². The lowest BCUT2D eigenvalue weighted by atomic mass is 10.0. The smallest absolute Gasteiger partial charge is 0.251 e. The molecule has 0 saturated heterocycles. The van der Waals surface area contributed by atoms with Gasteiger partial charge >= 0.3 is 0 Å². The van der Waals surface area contributed by atoms with Crippen LogP contribution in [0.25, 0.3) is 0 Å². The molecule has 0 bridgehead atoms. The number of hydrogen-bond donors (Lipinski definition) is 1. The van der Waals surface area contributed by atoms with Crippen molar-refractivity contribution in [2.75, 3.05) is 6.54 Å². The molecule has 1 atom stereocenters. The van der Waals surface area contributed by atoms with Crippen LogP contribution in [0.3, 0.4) is 0 Å². The zero-order valence-corrected chi connectivity index (χ0v) is 13.1. The quantitative estimate of drug-likeness (QED) is 0.819. The van der Waals surface area contributed by atoms with Crippen molar-refractivity contribution < 1.29 is 4.79 Å². The maximum atomic E-state index is 11.9. The lowest BCUT2D eigenvalue weighted by molar-refractivity contribution is 0.0953. The van der Waals surface area contributed by atoms with Crippen molar-refractivity contribution in [1.29, 1.82) is 0 Å². The molecule has 1 N–H and O–H groups in total. The number of benzene rings is 1. The van der Waals surface area contributed by atoms with Crippen LogP contribution >= 0.6 is 15.9 Å². The highest BCUT2D eigenvalue weighted by Gasteiger charge is 2.11. The number of rotatable bonds is 5. The number of amides is 1. The van der Waals surface area contributed by atoms with E-state index < -0.39 is 0 Å². The highest BCUT2D eigenvalue weighted by atomic mass is 79.9. The maximum Gasteiger partial charge on any atom is 0.251 e. The van der Waals surface area contributed by atoms with Crippen molar-refractivity contribution in [3.05, 3.63) is 35.4 Å². The molecule has 100 valence electrons. The third-order valence-electron chi connectivity index (χ3n) is 3.02. The number of hydrogen-bond acceptors (Lipinski definition) is 1. The predicted octanol–water partition coefficient (Wildman–Crippen LogP) is 3.96. The molecule has 0 saturated carbocycles. The van der Waals surface area contributed by atoms with E-state index in [0.717, 1.165) is 5.56 Å². The van der Waals surface area contributed by atoms with Gasteiger partial charge in [0.15, 0.2) is 0 Å². The van der Waals surface area contributed by atoms with Gasteiger partial charge in [-0.3, -0.25) is 4.79 Å². The number of carbonyl (C=O) groups is 1. The van der Waals surface area contributed by atoms with E-state index in [0.29, 0.717) is 23.2 Å². The van der Waals surface area contributed by atoms with Crippen LogP contribution in [0, 0.1) is 5.92 Å². The lowest BCUT2D eigenvalue weighted by Crippen LogP contribution is -2.31. The normalized spacial score (nSPS) is 12.8. The summed E-state index contributed by atoms with van der Waals surface area (Å²) in [4.78, 5) is 12.2. The highest BCUT2D eigenvalue weighted by Crippen LogP contribution is 2.15. The number of alkyl halides is 1. The minimum absolute atomic E-state index is 0.00425. The summed E-state index contributed by atoms with van der Waals surface area (Å²) in [5.74, 6) is 0.999. The molecule has 1 aromatic rings. The molecule has 2 nitrogen and oxygen atoms in total. The summed E-state index contributed by atoms with van der Waals surface area (Å²) in [6.45, 7) is 9.20. The average molecular weight is 312 g/mol. The van der Waals surface area contributed by atoms with Crippen LogP contribution in [0.2, 0.25) is 0 Å². The highest BCUT2D eigenvalue weighted by molar-refractivity contribution is 9.09. The van der Waals surface area contributed by atoms with Crippen molar-refractivity contribution in [3.63, 3.8) is 0 Å². The van der Waals surface area contributed by atoms with Gasteiger partial charge in [-0.05, 0) is 29.5 Å². The van der Waals surface area contributed by atoms with Crippen LogP contribution < -0.4 is 5.32 Å². The van der Waals surface area contributed by atoms with Gasteiger partial charge in [0.2, 0.25) is 0 Å². The Balaban J connectivity index is 2.57. The fourth-order valence-corrected chi connectivity index (χ4v) is 1.71. The summed E-state index contributed by atoms with van der Waals surface area (Å²) >= 11 is 3.56. The Morgan fingerprint density at radius 2 is 1.72 bits per heavy atom. The fraction of sp³-hybridized carbons (Fsp3) is 0.533. The Kier molecular flexibility index (Phi) is 5.86. The summed E-state index contributed by atoms with van der Waals surface area (Å²) < 4.78 is 0. The third kappa shape index (κ3) is 4.45. The topological polar surface area (TPSA) is 29.1 Å². The first-order chi connectivity index (χ1) is 8.41. The van der Waals surface area contributed by atoms with E-state index in [-0.39, 0.29) is 5.91 Å². The molecule has 1 unspecified atom stereocenters. The van der Waals surface area contributed by atoms with Gasteiger partial charge in [0.25, 0.3) is 5.91 Å². The summed E-state index contributed by atoms with van der Waals surface area (Å²) in [7, 11) is 0. The van der Waals surface area contributed by atoms with Crippen LogP contribution in [-0.2, 0) is 0 Å². The lowest BCUT2D eigenvalue weighted by Gasteiger charge is -2.14. The van der Waals surface area contributed by atoms with Crippen LogP contribution in [0.1, 0.15) is 49.5 Å². The van der Waals surface area contributed by atoms with Gasteiger partial charge in [-0.15, -0.1) is 0 Å². The van der Waals surface area contributed by atoms with E-state index in [4.69, 9.17) is 0 Å². The van der Waals surface area contributed by atoms with Gasteiger partial charge in [-0.2, -0.15) is 0 Å². The van der Waals surface area contributed by atoms with Gasteiger partial charge in [0.05, 0.1) is 0 Å². The first-order valence-electron chi connectivity index (χ1n) is 6.44. The summed E-state index contributed by atoms with van der Waals surface area (Å²) in [6, 6.07) is 7.83. The second-order valence-electron chi connectivity index (χ2n) is 5.25. The van der Waals surface area contributed by atoms with E-state index >= 15 is 0 Å². The van der Waals surface area contributed by atoms with Gasteiger partial charge in [-0.25, -0.2) is 0 Å². The molecule has 1 aromatic carbocycles. The number of halogens is 1. The van der Waals surface area contributed by atoms with Crippen LogP contribution in [0.5, 0.6) is 0 Å². The largest absolute Gasteiger partial charge is 0.351 e. The molecule has 0 spiro atoms. The maximum absolute atomic E-state index is 11.9. The molecule has 0 radical (unpaired) electrons. The Labute approximate surface area is 118 Å². The molecule has 0 heterocycles. The van der Waals surface area contributed by atoms with Gasteiger partial charge in [0, 0.05) is 16.9 Å². The second kappa shape index (κ2) is 6.93. The van der Waals surface area contributed by atoms with Crippen molar-refractivity contribution in [2.24, 2.45) is 5.92 Å². The Morgan fingerprint density at radius 3 is 2.17 bits per heavy atom. The molecule has 0 aliphatic rings. The van der Waals surface area contributed by atoms with Crippen LogP contribution in [-0.4, -0.2) is 17.3 Å². The van der Waals surface area contributed by atoms with Crippen molar-refractivity contribution in [1.82, 2.24) is 5.32 Å². The molecular formula is C15H22BrNO. The van der Waals surface area contributed by atoms with Crippen LogP contribution in [0.15, 0.2) is 24.3 Å². The Bertz CT molecular complexity index is 384. The molecule has 0 fully saturated rings. The average Bonchev–Trinajstić information content (AvgIpc) is 2.35. The number of carbonyl (C=O) groups excluding carboxylic acids is 1. The van der Waals surface area contributed by atoms with E-state index in [1.807, 2.05) is 24.3 Å². The first kappa shape index (κ1) is 15.2. The van der Waals surface area contributed by atoms with Crippen molar-refractivity contribution in [2.45, 2.75) is 38.4 Å².